The second kappa shape index (κ2) is 7.80. The number of nitrogens with one attached hydrogen (secondary N) is 1. The first-order valence-corrected chi connectivity index (χ1v) is 3.86. The summed E-state index contributed by atoms with van der Waals surface area (Å²) in [6, 6.07) is 0. The molecule has 0 heterocycles. The van der Waals surface area contributed by atoms with Gasteiger partial charge in [0.15, 0.2) is 0 Å². The van der Waals surface area contributed by atoms with Gasteiger partial charge in [-0.1, -0.05) is 38.5 Å². The summed E-state index contributed by atoms with van der Waals surface area (Å²) in [6.07, 6.45) is 9.00. The minimum Gasteiger partial charge on any atom is -0.248 e. The maximum absolute atomic E-state index is 5.77. The van der Waals surface area contributed by atoms with Crippen molar-refractivity contribution < 1.29 is 0 Å². The molecule has 0 spiro atoms. The van der Waals surface area contributed by atoms with Crippen LogP contribution < -0.4 is 0 Å². The fourth-order valence-corrected chi connectivity index (χ4v) is 1.06. The van der Waals surface area contributed by atoms with Crippen molar-refractivity contribution in [2.24, 2.45) is 0 Å². The van der Waals surface area contributed by atoms with Crippen LogP contribution in [0.25, 0.3) is 0 Å². The highest BCUT2D eigenvalue weighted by Crippen LogP contribution is 2.15. The number of isothiocyanates is 1. The number of rotatable bonds is 0. The Kier molecular flexibility index (Phi) is 7.63. The van der Waals surface area contributed by atoms with Crippen LogP contribution in [0.5, 0.6) is 0 Å². The molecular weight excluding hydrogens is 130 g/mol. The van der Waals surface area contributed by atoms with Crippen molar-refractivity contribution in [1.82, 2.24) is 0 Å². The summed E-state index contributed by atoms with van der Waals surface area (Å²) in [5.41, 5.74) is 0. The van der Waals surface area contributed by atoms with Gasteiger partial charge in [-0.2, -0.15) is 0 Å². The fraction of sp³-hybridized carbons (Fsp3) is 0.857. The molecule has 1 saturated carbocycles. The first kappa shape index (κ1) is 8.80. The monoisotopic (exact) mass is 143 g/mol. The van der Waals surface area contributed by atoms with Gasteiger partial charge in [0.1, 0.15) is 0 Å². The van der Waals surface area contributed by atoms with Crippen molar-refractivity contribution in [3.05, 3.63) is 0 Å². The SMILES string of the molecule is C1CCCCC1.N=C=S. The van der Waals surface area contributed by atoms with Crippen LogP contribution in [0.1, 0.15) is 38.5 Å². The Labute approximate surface area is 62.0 Å². The molecule has 1 rings (SSSR count). The molecule has 0 aromatic carbocycles. The molecule has 0 amide bonds. The fourth-order valence-electron chi connectivity index (χ4n) is 1.06. The zero-order valence-electron chi connectivity index (χ0n) is 5.65. The van der Waals surface area contributed by atoms with Gasteiger partial charge in [-0.25, -0.2) is 5.41 Å². The van der Waals surface area contributed by atoms with E-state index in [0.717, 1.165) is 0 Å². The van der Waals surface area contributed by atoms with Gasteiger partial charge in [0, 0.05) is 0 Å². The zero-order chi connectivity index (χ0) is 6.95. The first-order chi connectivity index (χ1) is 4.41. The maximum Gasteiger partial charge on any atom is 0.0554 e. The summed E-state index contributed by atoms with van der Waals surface area (Å²) >= 11 is 3.81. The molecule has 0 aromatic rings. The Bertz CT molecular complexity index is 69.4. The van der Waals surface area contributed by atoms with Gasteiger partial charge in [0.05, 0.1) is 5.16 Å². The normalized spacial score (nSPS) is 16.9. The van der Waals surface area contributed by atoms with Crippen LogP contribution in [0, 0.1) is 5.41 Å². The lowest BCUT2D eigenvalue weighted by Gasteiger charge is -2.05. The molecule has 9 heavy (non-hydrogen) atoms. The van der Waals surface area contributed by atoms with E-state index in [2.05, 4.69) is 12.2 Å². The molecule has 52 valence electrons. The molecule has 0 aromatic heterocycles. The highest BCUT2D eigenvalue weighted by molar-refractivity contribution is 7.78. The van der Waals surface area contributed by atoms with E-state index in [4.69, 9.17) is 5.41 Å². The van der Waals surface area contributed by atoms with Crippen molar-refractivity contribution in [3.63, 3.8) is 0 Å². The highest BCUT2D eigenvalue weighted by Gasteiger charge is 1.95. The molecule has 0 unspecified atom stereocenters. The average Bonchev–Trinajstić information content (AvgIpc) is 1.93. The van der Waals surface area contributed by atoms with Crippen molar-refractivity contribution in [2.45, 2.75) is 38.5 Å². The van der Waals surface area contributed by atoms with Crippen molar-refractivity contribution >= 4 is 17.4 Å². The molecule has 0 radical (unpaired) electrons. The standard InChI is InChI=1S/C6H12.CHNS/c1-2-4-6-5-3-1;2-1-3/h1-6H2;2H. The van der Waals surface area contributed by atoms with E-state index in [9.17, 15) is 0 Å². The number of thiocarbonyl (C=S) groups is 1. The molecule has 1 fully saturated rings. The van der Waals surface area contributed by atoms with Crippen LogP contribution in [-0.2, 0) is 0 Å². The van der Waals surface area contributed by atoms with Gasteiger partial charge in [-0.3, -0.25) is 0 Å². The van der Waals surface area contributed by atoms with Gasteiger partial charge in [0.25, 0.3) is 0 Å². The summed E-state index contributed by atoms with van der Waals surface area (Å²) in [6.45, 7) is 0. The van der Waals surface area contributed by atoms with E-state index in [1.807, 2.05) is 0 Å². The Balaban J connectivity index is 0.000000187. The van der Waals surface area contributed by atoms with Crippen LogP contribution in [0.3, 0.4) is 0 Å². The Morgan fingerprint density at radius 3 is 1.11 bits per heavy atom. The largest absolute Gasteiger partial charge is 0.248 e. The second-order valence-electron chi connectivity index (χ2n) is 2.22. The van der Waals surface area contributed by atoms with Crippen molar-refractivity contribution in [1.29, 1.82) is 5.41 Å². The molecular formula is C7H13NS. The Morgan fingerprint density at radius 2 is 1.00 bits per heavy atom. The Morgan fingerprint density at radius 1 is 0.889 bits per heavy atom. The van der Waals surface area contributed by atoms with E-state index < -0.39 is 0 Å². The third-order valence-electron chi connectivity index (χ3n) is 1.50. The maximum atomic E-state index is 5.77. The van der Waals surface area contributed by atoms with Crippen LogP contribution in [0.2, 0.25) is 0 Å². The third kappa shape index (κ3) is 7.80. The lowest BCUT2D eigenvalue weighted by molar-refractivity contribution is 0.504. The molecule has 2 heteroatoms. The molecule has 1 aliphatic rings. The van der Waals surface area contributed by atoms with E-state index >= 15 is 0 Å². The lowest BCUT2D eigenvalue weighted by atomic mass is 10.0. The lowest BCUT2D eigenvalue weighted by Crippen LogP contribution is -1.85. The highest BCUT2D eigenvalue weighted by atomic mass is 32.1. The predicted molar refractivity (Wildman–Crippen MR) is 43.0 cm³/mol. The zero-order valence-corrected chi connectivity index (χ0v) is 6.47. The summed E-state index contributed by atoms with van der Waals surface area (Å²) in [5.74, 6) is 0. The van der Waals surface area contributed by atoms with Crippen molar-refractivity contribution in [3.8, 4) is 0 Å². The molecule has 1 aliphatic carbocycles. The predicted octanol–water partition coefficient (Wildman–Crippen LogP) is 3.01. The number of hydrogen-bond acceptors (Lipinski definition) is 2. The van der Waals surface area contributed by atoms with E-state index in [1.165, 1.54) is 38.5 Å². The van der Waals surface area contributed by atoms with Crippen LogP contribution >= 0.6 is 12.2 Å². The van der Waals surface area contributed by atoms with Gasteiger partial charge in [-0.15, -0.1) is 0 Å². The second-order valence-corrected chi connectivity index (χ2v) is 2.43. The third-order valence-corrected chi connectivity index (χ3v) is 1.50. The average molecular weight is 143 g/mol. The molecule has 0 aliphatic heterocycles. The molecule has 0 saturated heterocycles. The quantitative estimate of drug-likeness (QED) is 0.409. The smallest absolute Gasteiger partial charge is 0.0554 e. The topological polar surface area (TPSA) is 23.9 Å². The van der Waals surface area contributed by atoms with Gasteiger partial charge in [-0.05, 0) is 12.2 Å². The van der Waals surface area contributed by atoms with E-state index in [-0.39, 0.29) is 0 Å². The minimum absolute atomic E-state index is 1.50. The van der Waals surface area contributed by atoms with E-state index in [1.54, 1.807) is 5.16 Å². The van der Waals surface area contributed by atoms with Crippen LogP contribution in [0.15, 0.2) is 0 Å². The summed E-state index contributed by atoms with van der Waals surface area (Å²) < 4.78 is 0. The number of hydrogen-bond donors (Lipinski definition) is 1. The Hall–Kier alpha value is -0.200. The van der Waals surface area contributed by atoms with Crippen molar-refractivity contribution in [2.75, 3.05) is 0 Å². The van der Waals surface area contributed by atoms with E-state index in [0.29, 0.717) is 0 Å². The van der Waals surface area contributed by atoms with Gasteiger partial charge in [0.2, 0.25) is 0 Å². The van der Waals surface area contributed by atoms with Crippen LogP contribution in [0.4, 0.5) is 0 Å². The van der Waals surface area contributed by atoms with Crippen LogP contribution in [-0.4, -0.2) is 5.16 Å². The first-order valence-electron chi connectivity index (χ1n) is 3.45. The summed E-state index contributed by atoms with van der Waals surface area (Å²) in [7, 11) is 0. The van der Waals surface area contributed by atoms with Gasteiger partial charge < -0.3 is 0 Å². The molecule has 1 N–H and O–H groups in total. The molecule has 1 nitrogen and oxygen atoms in total. The van der Waals surface area contributed by atoms with Gasteiger partial charge >= 0.3 is 0 Å². The molecule has 0 bridgehead atoms. The minimum atomic E-state index is 1.50. The summed E-state index contributed by atoms with van der Waals surface area (Å²) in [4.78, 5) is 0. The summed E-state index contributed by atoms with van der Waals surface area (Å²) in [5, 5.41) is 7.36. The molecule has 0 atom stereocenters.